The molecule has 7 rings (SSSR count). The Kier molecular flexibility index (Phi) is 6.46. The van der Waals surface area contributed by atoms with Crippen molar-refractivity contribution in [1.29, 1.82) is 0 Å². The molecule has 1 aliphatic rings. The Hall–Kier alpha value is -6.52. The van der Waals surface area contributed by atoms with Crippen molar-refractivity contribution < 1.29 is 14.1 Å². The van der Waals surface area contributed by atoms with Gasteiger partial charge in [0.25, 0.3) is 28.4 Å². The molecule has 0 aliphatic heterocycles. The molecule has 6 N–H and O–H groups in total. The maximum atomic E-state index is 13.5. The highest BCUT2D eigenvalue weighted by atomic mass is 16.5. The van der Waals surface area contributed by atoms with E-state index >= 15 is 0 Å². The fourth-order valence-corrected chi connectivity index (χ4v) is 5.27. The van der Waals surface area contributed by atoms with Gasteiger partial charge in [-0.2, -0.15) is 5.21 Å². The van der Waals surface area contributed by atoms with Crippen LogP contribution in [0.25, 0.3) is 17.2 Å². The summed E-state index contributed by atoms with van der Waals surface area (Å²) in [5, 5.41) is 26.1. The zero-order valence-corrected chi connectivity index (χ0v) is 23.0. The molecule has 0 bridgehead atoms. The highest BCUT2D eigenvalue weighted by Gasteiger charge is 2.28. The zero-order valence-electron chi connectivity index (χ0n) is 23.0. The number of aromatic nitrogens is 7. The van der Waals surface area contributed by atoms with Gasteiger partial charge >= 0.3 is 5.76 Å². The molecular formula is C28H21N11O6. The van der Waals surface area contributed by atoms with Gasteiger partial charge in [-0.3, -0.25) is 23.7 Å². The van der Waals surface area contributed by atoms with Crippen LogP contribution in [0.1, 0.15) is 50.1 Å². The minimum atomic E-state index is -0.933. The summed E-state index contributed by atoms with van der Waals surface area (Å²) in [6.45, 7) is 0.0421. The van der Waals surface area contributed by atoms with Gasteiger partial charge in [0, 0.05) is 17.8 Å². The molecule has 1 aliphatic carbocycles. The minimum Gasteiger partial charge on any atom is -0.394 e. The molecule has 224 valence electrons. The number of amides is 2. The third kappa shape index (κ3) is 4.86. The number of benzene rings is 2. The molecule has 2 amide bonds. The lowest BCUT2D eigenvalue weighted by molar-refractivity contribution is 0.0929. The van der Waals surface area contributed by atoms with Gasteiger partial charge < -0.3 is 21.7 Å². The third-order valence-electron chi connectivity index (χ3n) is 7.51. The van der Waals surface area contributed by atoms with Gasteiger partial charge in [0.2, 0.25) is 5.82 Å². The SMILES string of the molecule is Nc1c(Nc2cccc(CNC(=O)c3cc(C(=O)N[C@H]4CCc5cc(-c6nn[nH]n6)ccc54)n4c(=O)onc4n3)c2)c(=O)c1=O. The van der Waals surface area contributed by atoms with Crippen LogP contribution in [0.3, 0.4) is 0 Å². The van der Waals surface area contributed by atoms with Crippen molar-refractivity contribution in [2.75, 3.05) is 11.1 Å². The lowest BCUT2D eigenvalue weighted by Crippen LogP contribution is -2.36. The number of nitrogens with zero attached hydrogens (tertiary/aromatic N) is 6. The summed E-state index contributed by atoms with van der Waals surface area (Å²) < 4.78 is 5.62. The number of carbonyl (C=O) groups is 2. The van der Waals surface area contributed by atoms with Gasteiger partial charge in [0.1, 0.15) is 22.8 Å². The van der Waals surface area contributed by atoms with Gasteiger partial charge in [-0.05, 0) is 64.2 Å². The van der Waals surface area contributed by atoms with Crippen LogP contribution in [0.4, 0.5) is 17.1 Å². The molecule has 17 heteroatoms. The molecule has 3 aromatic carbocycles. The van der Waals surface area contributed by atoms with Gasteiger partial charge in [-0.25, -0.2) is 14.2 Å². The van der Waals surface area contributed by atoms with E-state index in [0.29, 0.717) is 29.9 Å². The quantitative estimate of drug-likeness (QED) is 0.145. The topological polar surface area (TPSA) is 245 Å². The molecule has 0 unspecified atom stereocenters. The molecule has 0 saturated carbocycles. The summed E-state index contributed by atoms with van der Waals surface area (Å²) in [5.74, 6) is -2.01. The number of hydrogen-bond acceptors (Lipinski definition) is 13. The molecule has 3 aromatic heterocycles. The van der Waals surface area contributed by atoms with Crippen molar-refractivity contribution in [2.24, 2.45) is 0 Å². The van der Waals surface area contributed by atoms with E-state index in [2.05, 4.69) is 46.7 Å². The normalized spacial score (nSPS) is 14.0. The van der Waals surface area contributed by atoms with E-state index in [0.717, 1.165) is 21.1 Å². The average Bonchev–Trinajstić information content (AvgIpc) is 3.82. The van der Waals surface area contributed by atoms with Crippen LogP contribution in [0.5, 0.6) is 0 Å². The molecule has 0 radical (unpaired) electrons. The highest BCUT2D eigenvalue weighted by molar-refractivity contribution is 5.98. The number of anilines is 3. The molecule has 6 aromatic rings. The Morgan fingerprint density at radius 2 is 1.93 bits per heavy atom. The number of rotatable bonds is 8. The van der Waals surface area contributed by atoms with Crippen molar-refractivity contribution in [1.82, 2.24) is 45.8 Å². The van der Waals surface area contributed by atoms with Gasteiger partial charge in [-0.1, -0.05) is 24.3 Å². The average molecular weight is 608 g/mol. The van der Waals surface area contributed by atoms with Crippen LogP contribution in [0, 0.1) is 0 Å². The molecule has 1 atom stereocenters. The summed E-state index contributed by atoms with van der Waals surface area (Å²) in [7, 11) is 0. The number of fused-ring (bicyclic) bond motifs is 2. The second-order valence-corrected chi connectivity index (χ2v) is 10.3. The van der Waals surface area contributed by atoms with Crippen LogP contribution < -0.4 is 38.3 Å². The Balaban J connectivity index is 1.08. The van der Waals surface area contributed by atoms with Crippen molar-refractivity contribution in [3.8, 4) is 11.4 Å². The number of H-pyrrole nitrogens is 1. The molecule has 0 spiro atoms. The number of carbonyl (C=O) groups excluding carboxylic acids is 2. The van der Waals surface area contributed by atoms with Gasteiger partial charge in [0.05, 0.1) is 6.04 Å². The van der Waals surface area contributed by atoms with Gasteiger partial charge in [-0.15, -0.1) is 10.2 Å². The first kappa shape index (κ1) is 27.3. The summed E-state index contributed by atoms with van der Waals surface area (Å²) in [6.07, 6.45) is 1.30. The molecular weight excluding hydrogens is 586 g/mol. The maximum absolute atomic E-state index is 13.5. The number of nitrogens with one attached hydrogen (secondary N) is 4. The molecule has 3 heterocycles. The van der Waals surface area contributed by atoms with Crippen LogP contribution in [0.15, 0.2) is 67.4 Å². The van der Waals surface area contributed by atoms with Crippen LogP contribution >= 0.6 is 0 Å². The van der Waals surface area contributed by atoms with Crippen molar-refractivity contribution >= 4 is 34.7 Å². The predicted octanol–water partition coefficient (Wildman–Crippen LogP) is 0.132. The maximum Gasteiger partial charge on any atom is 0.448 e. The molecule has 0 fully saturated rings. The Bertz CT molecular complexity index is 2260. The number of tetrazole rings is 1. The first-order chi connectivity index (χ1) is 21.8. The van der Waals surface area contributed by atoms with E-state index in [9.17, 15) is 24.0 Å². The summed E-state index contributed by atoms with van der Waals surface area (Å²) in [6, 6.07) is 13.2. The smallest absolute Gasteiger partial charge is 0.394 e. The number of aromatic amines is 1. The molecule has 17 nitrogen and oxygen atoms in total. The number of nitrogen functional groups attached to an aromatic ring is 1. The minimum absolute atomic E-state index is 0.0158. The van der Waals surface area contributed by atoms with Crippen LogP contribution in [0.2, 0.25) is 0 Å². The molecule has 45 heavy (non-hydrogen) atoms. The van der Waals surface area contributed by atoms with Crippen molar-refractivity contribution in [2.45, 2.75) is 25.4 Å². The lowest BCUT2D eigenvalue weighted by Gasteiger charge is -2.15. The van der Waals surface area contributed by atoms with E-state index in [1.54, 1.807) is 24.3 Å². The lowest BCUT2D eigenvalue weighted by atomic mass is 10.0. The first-order valence-corrected chi connectivity index (χ1v) is 13.6. The Morgan fingerprint density at radius 1 is 1.07 bits per heavy atom. The van der Waals surface area contributed by atoms with E-state index in [-0.39, 0.29) is 41.1 Å². The fourth-order valence-electron chi connectivity index (χ4n) is 5.27. The number of aryl methyl sites for hydroxylation is 1. The predicted molar refractivity (Wildman–Crippen MR) is 156 cm³/mol. The van der Waals surface area contributed by atoms with Crippen LogP contribution in [-0.4, -0.2) is 47.0 Å². The summed E-state index contributed by atoms with van der Waals surface area (Å²) in [5.41, 5.74) is 7.50. The zero-order chi connectivity index (χ0) is 31.2. The van der Waals surface area contributed by atoms with E-state index in [1.807, 2.05) is 18.2 Å². The summed E-state index contributed by atoms with van der Waals surface area (Å²) in [4.78, 5) is 66.3. The van der Waals surface area contributed by atoms with E-state index in [4.69, 9.17) is 10.3 Å². The summed E-state index contributed by atoms with van der Waals surface area (Å²) >= 11 is 0. The fraction of sp³-hybridized carbons (Fsp3) is 0.143. The standard InChI is InChI=1S/C28H21N11O6/c29-20-21(23(41)22(20)40)31-15-3-1-2-12(8-15)11-30-25(42)18-10-19(39-27(33-18)36-45-28(39)44)26(43)32-17-7-5-13-9-14(4-6-16(13)17)24-34-37-38-35-24/h1-4,6,8-10,17,31H,5,7,11,29H2,(H,30,42)(H,32,43)(H,34,35,37,38)/t17-/m0/s1. The van der Waals surface area contributed by atoms with Crippen molar-refractivity contribution in [3.05, 3.63) is 108 Å². The van der Waals surface area contributed by atoms with Crippen LogP contribution in [-0.2, 0) is 13.0 Å². The second kappa shape index (κ2) is 10.6. The largest absolute Gasteiger partial charge is 0.448 e. The van der Waals surface area contributed by atoms with E-state index in [1.165, 1.54) is 6.07 Å². The third-order valence-corrected chi connectivity index (χ3v) is 7.51. The highest BCUT2D eigenvalue weighted by Crippen LogP contribution is 2.33. The second-order valence-electron chi connectivity index (χ2n) is 10.3. The van der Waals surface area contributed by atoms with Crippen molar-refractivity contribution in [3.63, 3.8) is 0 Å². The molecule has 0 saturated heterocycles. The van der Waals surface area contributed by atoms with Gasteiger partial charge in [0.15, 0.2) is 0 Å². The first-order valence-electron chi connectivity index (χ1n) is 13.6. The Labute approximate surface area is 250 Å². The number of hydrogen-bond donors (Lipinski definition) is 5. The monoisotopic (exact) mass is 607 g/mol. The number of nitrogens with two attached hydrogens (primary N) is 1. The Morgan fingerprint density at radius 3 is 2.73 bits per heavy atom. The van der Waals surface area contributed by atoms with E-state index < -0.39 is 28.4 Å².